The number of ether oxygens (including phenoxy) is 1. The van der Waals surface area contributed by atoms with Crippen LogP contribution in [0.15, 0.2) is 53.0 Å². The number of carboxylic acids is 1. The highest BCUT2D eigenvalue weighted by Crippen LogP contribution is 2.24. The van der Waals surface area contributed by atoms with Gasteiger partial charge in [-0.05, 0) is 43.3 Å². The first-order valence-electron chi connectivity index (χ1n) is 7.28. The first kappa shape index (κ1) is 16.2. The Morgan fingerprint density at radius 1 is 1.17 bits per heavy atom. The van der Waals surface area contributed by atoms with Crippen molar-refractivity contribution in [3.8, 4) is 22.8 Å². The monoisotopic (exact) mass is 387 g/mol. The van der Waals surface area contributed by atoms with Crippen LogP contribution in [0.25, 0.3) is 17.1 Å². The lowest BCUT2D eigenvalue weighted by Gasteiger charge is -2.08. The number of benzene rings is 2. The number of rotatable bonds is 5. The predicted octanol–water partition coefficient (Wildman–Crippen LogP) is 3.79. The number of hydrogen-bond acceptors (Lipinski definition) is 4. The van der Waals surface area contributed by atoms with Crippen molar-refractivity contribution in [2.75, 3.05) is 6.61 Å². The number of carboxylic acid groups (broad SMARTS) is 1. The third kappa shape index (κ3) is 3.30. The maximum atomic E-state index is 11.3. The van der Waals surface area contributed by atoms with Crippen molar-refractivity contribution in [1.29, 1.82) is 0 Å². The average Bonchev–Trinajstić information content (AvgIpc) is 3.02. The van der Waals surface area contributed by atoms with E-state index >= 15 is 0 Å². The summed E-state index contributed by atoms with van der Waals surface area (Å²) in [5, 5.41) is 13.3. The van der Waals surface area contributed by atoms with Crippen LogP contribution in [0.4, 0.5) is 0 Å². The van der Waals surface area contributed by atoms with Crippen LogP contribution in [0, 0.1) is 0 Å². The fraction of sp³-hybridized carbons (Fsp3) is 0.118. The molecule has 0 radical (unpaired) electrons. The second kappa shape index (κ2) is 6.84. The molecule has 3 aromatic rings. The summed E-state index contributed by atoms with van der Waals surface area (Å²) in [5.74, 6) is -0.214. The molecule has 24 heavy (non-hydrogen) atoms. The molecule has 0 amide bonds. The summed E-state index contributed by atoms with van der Waals surface area (Å²) in [5.41, 5.74) is 1.48. The van der Waals surface area contributed by atoms with Gasteiger partial charge in [-0.1, -0.05) is 28.1 Å². The first-order chi connectivity index (χ1) is 11.6. The van der Waals surface area contributed by atoms with Gasteiger partial charge in [0.2, 0.25) is 0 Å². The van der Waals surface area contributed by atoms with E-state index in [1.165, 1.54) is 4.68 Å². The zero-order valence-corrected chi connectivity index (χ0v) is 14.4. The number of hydrogen-bond donors (Lipinski definition) is 1. The van der Waals surface area contributed by atoms with Crippen LogP contribution in [0.2, 0.25) is 0 Å². The van der Waals surface area contributed by atoms with Gasteiger partial charge in [-0.25, -0.2) is 14.5 Å². The SMILES string of the molecule is CCOc1ccc(-n2nc(C(=O)O)nc2-c2ccc(Br)cc2)cc1. The molecular weight excluding hydrogens is 374 g/mol. The molecule has 0 aliphatic rings. The molecule has 7 heteroatoms. The second-order valence-electron chi connectivity index (χ2n) is 4.91. The van der Waals surface area contributed by atoms with Gasteiger partial charge in [-0.3, -0.25) is 0 Å². The highest BCUT2D eigenvalue weighted by atomic mass is 79.9. The summed E-state index contributed by atoms with van der Waals surface area (Å²) in [6.07, 6.45) is 0. The molecule has 1 heterocycles. The maximum Gasteiger partial charge on any atom is 0.375 e. The maximum absolute atomic E-state index is 11.3. The minimum atomic E-state index is -1.17. The van der Waals surface area contributed by atoms with Crippen LogP contribution in [-0.2, 0) is 0 Å². The third-order valence-electron chi connectivity index (χ3n) is 3.29. The largest absolute Gasteiger partial charge is 0.494 e. The molecule has 1 aromatic heterocycles. The fourth-order valence-corrected chi connectivity index (χ4v) is 2.48. The lowest BCUT2D eigenvalue weighted by Crippen LogP contribution is -2.02. The van der Waals surface area contributed by atoms with Crippen molar-refractivity contribution in [2.45, 2.75) is 6.92 Å². The Bertz CT molecular complexity index is 858. The van der Waals surface area contributed by atoms with Crippen molar-refractivity contribution in [3.05, 3.63) is 58.8 Å². The van der Waals surface area contributed by atoms with E-state index in [2.05, 4.69) is 26.0 Å². The van der Waals surface area contributed by atoms with Crippen LogP contribution in [0.5, 0.6) is 5.75 Å². The number of carbonyl (C=O) groups is 1. The molecule has 0 fully saturated rings. The van der Waals surface area contributed by atoms with Crippen LogP contribution in [-0.4, -0.2) is 32.4 Å². The van der Waals surface area contributed by atoms with Crippen molar-refractivity contribution < 1.29 is 14.6 Å². The van der Waals surface area contributed by atoms with E-state index in [9.17, 15) is 9.90 Å². The van der Waals surface area contributed by atoms with Crippen molar-refractivity contribution in [2.24, 2.45) is 0 Å². The van der Waals surface area contributed by atoms with E-state index in [0.29, 0.717) is 18.1 Å². The minimum Gasteiger partial charge on any atom is -0.494 e. The molecule has 0 saturated heterocycles. The molecule has 0 bridgehead atoms. The quantitative estimate of drug-likeness (QED) is 0.720. The lowest BCUT2D eigenvalue weighted by atomic mass is 10.2. The fourth-order valence-electron chi connectivity index (χ4n) is 2.22. The van der Waals surface area contributed by atoms with Crippen molar-refractivity contribution >= 4 is 21.9 Å². The molecule has 0 spiro atoms. The highest BCUT2D eigenvalue weighted by Gasteiger charge is 2.18. The molecule has 2 aromatic carbocycles. The summed E-state index contributed by atoms with van der Waals surface area (Å²) in [6.45, 7) is 2.49. The molecular formula is C17H14BrN3O3. The number of aromatic carboxylic acids is 1. The standard InChI is InChI=1S/C17H14BrN3O3/c1-2-24-14-9-7-13(8-10-14)21-16(19-15(20-21)17(22)23)11-3-5-12(18)6-4-11/h3-10H,2H2,1H3,(H,22,23). The minimum absolute atomic E-state index is 0.248. The van der Waals surface area contributed by atoms with E-state index in [0.717, 1.165) is 15.8 Å². The van der Waals surface area contributed by atoms with Gasteiger partial charge < -0.3 is 9.84 Å². The topological polar surface area (TPSA) is 77.2 Å². The van der Waals surface area contributed by atoms with E-state index in [1.807, 2.05) is 55.5 Å². The van der Waals surface area contributed by atoms with Gasteiger partial charge in [0.25, 0.3) is 5.82 Å². The Morgan fingerprint density at radius 2 is 1.83 bits per heavy atom. The third-order valence-corrected chi connectivity index (χ3v) is 3.82. The molecule has 0 aliphatic heterocycles. The normalized spacial score (nSPS) is 10.6. The average molecular weight is 388 g/mol. The smallest absolute Gasteiger partial charge is 0.375 e. The van der Waals surface area contributed by atoms with Gasteiger partial charge in [-0.15, -0.1) is 5.10 Å². The van der Waals surface area contributed by atoms with E-state index in [-0.39, 0.29) is 5.82 Å². The molecule has 6 nitrogen and oxygen atoms in total. The zero-order chi connectivity index (χ0) is 17.1. The highest BCUT2D eigenvalue weighted by molar-refractivity contribution is 9.10. The Balaban J connectivity index is 2.08. The molecule has 0 saturated carbocycles. The lowest BCUT2D eigenvalue weighted by molar-refractivity contribution is 0.0683. The van der Waals surface area contributed by atoms with Gasteiger partial charge in [-0.2, -0.15) is 0 Å². The van der Waals surface area contributed by atoms with E-state index in [1.54, 1.807) is 0 Å². The number of halogens is 1. The molecule has 1 N–H and O–H groups in total. The van der Waals surface area contributed by atoms with Gasteiger partial charge in [0.1, 0.15) is 5.75 Å². The van der Waals surface area contributed by atoms with Gasteiger partial charge in [0.05, 0.1) is 12.3 Å². The van der Waals surface area contributed by atoms with Gasteiger partial charge in [0, 0.05) is 10.0 Å². The molecule has 0 aliphatic carbocycles. The van der Waals surface area contributed by atoms with Crippen LogP contribution in [0.1, 0.15) is 17.5 Å². The Hall–Kier alpha value is -2.67. The molecule has 0 atom stereocenters. The summed E-state index contributed by atoms with van der Waals surface area (Å²) >= 11 is 3.38. The number of aromatic nitrogens is 3. The molecule has 0 unspecified atom stereocenters. The van der Waals surface area contributed by atoms with Crippen LogP contribution < -0.4 is 4.74 Å². The molecule has 3 rings (SSSR count). The second-order valence-corrected chi connectivity index (χ2v) is 5.83. The Morgan fingerprint density at radius 3 is 2.42 bits per heavy atom. The van der Waals surface area contributed by atoms with Crippen molar-refractivity contribution in [3.63, 3.8) is 0 Å². The van der Waals surface area contributed by atoms with Crippen molar-refractivity contribution in [1.82, 2.24) is 14.8 Å². The zero-order valence-electron chi connectivity index (χ0n) is 12.8. The van der Waals surface area contributed by atoms with Gasteiger partial charge >= 0.3 is 5.97 Å². The van der Waals surface area contributed by atoms with Crippen LogP contribution >= 0.6 is 15.9 Å². The van der Waals surface area contributed by atoms with Gasteiger partial charge in [0.15, 0.2) is 5.82 Å². The number of nitrogens with zero attached hydrogens (tertiary/aromatic N) is 3. The summed E-state index contributed by atoms with van der Waals surface area (Å²) in [7, 11) is 0. The predicted molar refractivity (Wildman–Crippen MR) is 92.6 cm³/mol. The first-order valence-corrected chi connectivity index (χ1v) is 8.07. The van der Waals surface area contributed by atoms with E-state index in [4.69, 9.17) is 4.74 Å². The summed E-state index contributed by atoms with van der Waals surface area (Å²) < 4.78 is 7.87. The Labute approximate surface area is 146 Å². The van der Waals surface area contributed by atoms with Crippen LogP contribution in [0.3, 0.4) is 0 Å². The summed E-state index contributed by atoms with van der Waals surface area (Å²) in [4.78, 5) is 15.4. The Kier molecular flexibility index (Phi) is 4.61. The molecule has 122 valence electrons. The van der Waals surface area contributed by atoms with E-state index < -0.39 is 5.97 Å². The summed E-state index contributed by atoms with van der Waals surface area (Å²) in [6, 6.07) is 14.7.